The van der Waals surface area contributed by atoms with Crippen LogP contribution in [0.5, 0.6) is 0 Å². The van der Waals surface area contributed by atoms with Crippen LogP contribution in [0, 0.1) is 5.92 Å². The van der Waals surface area contributed by atoms with Gasteiger partial charge in [0.25, 0.3) is 5.91 Å². The smallest absolute Gasteiger partial charge is 0.276 e. The molecule has 0 bridgehead atoms. The highest BCUT2D eigenvalue weighted by atomic mass is 16.2. The zero-order chi connectivity index (χ0) is 12.4. The van der Waals surface area contributed by atoms with E-state index in [-0.39, 0.29) is 5.91 Å². The molecular weight excluding hydrogens is 230 g/mol. The van der Waals surface area contributed by atoms with Gasteiger partial charge in [-0.1, -0.05) is 0 Å². The highest BCUT2D eigenvalue weighted by molar-refractivity contribution is 5.91. The minimum absolute atomic E-state index is 0.00146. The Morgan fingerprint density at radius 2 is 2.17 bits per heavy atom. The number of carbonyl (C=O) groups is 1. The third-order valence-electron chi connectivity index (χ3n) is 4.13. The van der Waals surface area contributed by atoms with Crippen LogP contribution in [0.3, 0.4) is 0 Å². The number of carbonyl (C=O) groups excluding carboxylic acids is 1. The highest BCUT2D eigenvalue weighted by Gasteiger charge is 2.30. The number of hydrogen-bond donors (Lipinski definition) is 2. The topological polar surface area (TPSA) is 73.9 Å². The summed E-state index contributed by atoms with van der Waals surface area (Å²) in [5, 5.41) is 13.6. The van der Waals surface area contributed by atoms with Crippen molar-refractivity contribution in [3.8, 4) is 0 Å². The standard InChI is InChI=1S/C12H19N5O/c18-12(11-8-14-16-15-11)17-6-3-9(4-7-17)10-2-1-5-13-10/h8-10,13H,1-7H2,(H,14,15,16). The summed E-state index contributed by atoms with van der Waals surface area (Å²) in [6.07, 6.45) is 6.28. The van der Waals surface area contributed by atoms with Crippen LogP contribution >= 0.6 is 0 Å². The lowest BCUT2D eigenvalue weighted by Gasteiger charge is -2.34. The molecule has 0 saturated carbocycles. The average molecular weight is 249 g/mol. The SMILES string of the molecule is O=C(c1cn[nH]n1)N1CCC(C2CCCN2)CC1. The van der Waals surface area contributed by atoms with E-state index in [0.717, 1.165) is 38.4 Å². The van der Waals surface area contributed by atoms with E-state index in [2.05, 4.69) is 20.7 Å². The lowest BCUT2D eigenvalue weighted by atomic mass is 9.88. The van der Waals surface area contributed by atoms with Crippen LogP contribution in [0.15, 0.2) is 6.20 Å². The highest BCUT2D eigenvalue weighted by Crippen LogP contribution is 2.26. The van der Waals surface area contributed by atoms with Crippen molar-refractivity contribution in [2.45, 2.75) is 31.7 Å². The largest absolute Gasteiger partial charge is 0.337 e. The zero-order valence-corrected chi connectivity index (χ0v) is 10.4. The fraction of sp³-hybridized carbons (Fsp3) is 0.750. The van der Waals surface area contributed by atoms with Crippen molar-refractivity contribution in [1.82, 2.24) is 25.6 Å². The molecule has 1 aromatic heterocycles. The predicted octanol–water partition coefficient (Wildman–Crippen LogP) is 0.409. The molecule has 2 N–H and O–H groups in total. The second-order valence-corrected chi connectivity index (χ2v) is 5.19. The van der Waals surface area contributed by atoms with Crippen LogP contribution in [0.25, 0.3) is 0 Å². The molecule has 98 valence electrons. The molecular formula is C12H19N5O. The molecule has 6 heteroatoms. The Balaban J connectivity index is 1.55. The zero-order valence-electron chi connectivity index (χ0n) is 10.4. The van der Waals surface area contributed by atoms with Crippen LogP contribution in [-0.2, 0) is 0 Å². The fourth-order valence-corrected chi connectivity index (χ4v) is 3.09. The van der Waals surface area contributed by atoms with E-state index >= 15 is 0 Å². The Labute approximate surface area is 106 Å². The van der Waals surface area contributed by atoms with Crippen molar-refractivity contribution in [2.24, 2.45) is 5.92 Å². The van der Waals surface area contributed by atoms with Gasteiger partial charge in [0.15, 0.2) is 5.69 Å². The Morgan fingerprint density at radius 1 is 1.33 bits per heavy atom. The van der Waals surface area contributed by atoms with Gasteiger partial charge in [0.2, 0.25) is 0 Å². The third-order valence-corrected chi connectivity index (χ3v) is 4.13. The quantitative estimate of drug-likeness (QED) is 0.796. The normalized spacial score (nSPS) is 25.6. The van der Waals surface area contributed by atoms with Crippen molar-refractivity contribution >= 4 is 5.91 Å². The van der Waals surface area contributed by atoms with Crippen molar-refractivity contribution < 1.29 is 4.79 Å². The van der Waals surface area contributed by atoms with Gasteiger partial charge >= 0.3 is 0 Å². The maximum Gasteiger partial charge on any atom is 0.276 e. The van der Waals surface area contributed by atoms with Crippen molar-refractivity contribution in [3.05, 3.63) is 11.9 Å². The molecule has 6 nitrogen and oxygen atoms in total. The van der Waals surface area contributed by atoms with Crippen LogP contribution < -0.4 is 5.32 Å². The van der Waals surface area contributed by atoms with Gasteiger partial charge in [-0.25, -0.2) is 0 Å². The van der Waals surface area contributed by atoms with Gasteiger partial charge in [-0.05, 0) is 38.1 Å². The summed E-state index contributed by atoms with van der Waals surface area (Å²) in [6.45, 7) is 2.84. The molecule has 1 aromatic rings. The summed E-state index contributed by atoms with van der Waals surface area (Å²) < 4.78 is 0. The first-order valence-electron chi connectivity index (χ1n) is 6.73. The Hall–Kier alpha value is -1.43. The molecule has 3 heterocycles. The van der Waals surface area contributed by atoms with Gasteiger partial charge in [0.05, 0.1) is 6.20 Å². The monoisotopic (exact) mass is 249 g/mol. The first kappa shape index (κ1) is 11.6. The van der Waals surface area contributed by atoms with E-state index in [9.17, 15) is 4.79 Å². The minimum atomic E-state index is 0.00146. The fourth-order valence-electron chi connectivity index (χ4n) is 3.09. The van der Waals surface area contributed by atoms with Gasteiger partial charge in [0, 0.05) is 19.1 Å². The van der Waals surface area contributed by atoms with Gasteiger partial charge in [-0.2, -0.15) is 15.4 Å². The van der Waals surface area contributed by atoms with E-state index in [1.165, 1.54) is 19.0 Å². The number of nitrogens with zero attached hydrogens (tertiary/aromatic N) is 3. The maximum atomic E-state index is 12.1. The van der Waals surface area contributed by atoms with Crippen LogP contribution in [0.4, 0.5) is 0 Å². The second-order valence-electron chi connectivity index (χ2n) is 5.19. The molecule has 3 rings (SSSR count). The second kappa shape index (κ2) is 5.06. The summed E-state index contributed by atoms with van der Waals surface area (Å²) >= 11 is 0. The number of amides is 1. The van der Waals surface area contributed by atoms with Crippen LogP contribution in [-0.4, -0.2) is 51.9 Å². The van der Waals surface area contributed by atoms with E-state index in [4.69, 9.17) is 0 Å². The molecule has 1 amide bonds. The Bertz CT molecular complexity index is 391. The molecule has 2 saturated heterocycles. The molecule has 0 aliphatic carbocycles. The number of rotatable bonds is 2. The summed E-state index contributed by atoms with van der Waals surface area (Å²) in [7, 11) is 0. The summed E-state index contributed by atoms with van der Waals surface area (Å²) in [5.74, 6) is 0.732. The molecule has 18 heavy (non-hydrogen) atoms. The molecule has 1 atom stereocenters. The number of aromatic nitrogens is 3. The molecule has 1 unspecified atom stereocenters. The first-order valence-corrected chi connectivity index (χ1v) is 6.73. The van der Waals surface area contributed by atoms with E-state index in [0.29, 0.717) is 11.7 Å². The van der Waals surface area contributed by atoms with E-state index in [1.807, 2.05) is 4.90 Å². The van der Waals surface area contributed by atoms with Crippen molar-refractivity contribution in [2.75, 3.05) is 19.6 Å². The summed E-state index contributed by atoms with van der Waals surface area (Å²) in [5.41, 5.74) is 0.424. The Kier molecular flexibility index (Phi) is 3.27. The van der Waals surface area contributed by atoms with Gasteiger partial charge in [-0.15, -0.1) is 0 Å². The van der Waals surface area contributed by atoms with Gasteiger partial charge in [-0.3, -0.25) is 4.79 Å². The molecule has 0 radical (unpaired) electrons. The first-order chi connectivity index (χ1) is 8.84. The maximum absolute atomic E-state index is 12.1. The van der Waals surface area contributed by atoms with Crippen molar-refractivity contribution in [1.29, 1.82) is 0 Å². The Morgan fingerprint density at radius 3 is 2.78 bits per heavy atom. The van der Waals surface area contributed by atoms with E-state index < -0.39 is 0 Å². The minimum Gasteiger partial charge on any atom is -0.337 e. The third kappa shape index (κ3) is 2.25. The summed E-state index contributed by atoms with van der Waals surface area (Å²) in [4.78, 5) is 14.0. The molecule has 2 aliphatic rings. The summed E-state index contributed by atoms with van der Waals surface area (Å²) in [6, 6.07) is 0.675. The lowest BCUT2D eigenvalue weighted by Crippen LogP contribution is -2.43. The van der Waals surface area contributed by atoms with E-state index in [1.54, 1.807) is 0 Å². The number of nitrogens with one attached hydrogen (secondary N) is 2. The number of likely N-dealkylation sites (tertiary alicyclic amines) is 1. The van der Waals surface area contributed by atoms with Gasteiger partial charge < -0.3 is 10.2 Å². The lowest BCUT2D eigenvalue weighted by molar-refractivity contribution is 0.0668. The number of hydrogen-bond acceptors (Lipinski definition) is 4. The van der Waals surface area contributed by atoms with Gasteiger partial charge in [0.1, 0.15) is 0 Å². The molecule has 0 aromatic carbocycles. The molecule has 2 aliphatic heterocycles. The number of piperidine rings is 1. The van der Waals surface area contributed by atoms with Crippen LogP contribution in [0.1, 0.15) is 36.2 Å². The average Bonchev–Trinajstić information content (AvgIpc) is 3.11. The molecule has 0 spiro atoms. The molecule has 2 fully saturated rings. The number of H-pyrrole nitrogens is 1. The predicted molar refractivity (Wildman–Crippen MR) is 66.0 cm³/mol. The number of aromatic amines is 1. The van der Waals surface area contributed by atoms with Crippen LogP contribution in [0.2, 0.25) is 0 Å². The van der Waals surface area contributed by atoms with Crippen molar-refractivity contribution in [3.63, 3.8) is 0 Å².